The highest BCUT2D eigenvalue weighted by Gasteiger charge is 2.20. The van der Waals surface area contributed by atoms with Gasteiger partial charge in [-0.05, 0) is 31.2 Å². The summed E-state index contributed by atoms with van der Waals surface area (Å²) < 4.78 is 7.40. The number of hydrogen-bond acceptors (Lipinski definition) is 7. The summed E-state index contributed by atoms with van der Waals surface area (Å²) in [6.07, 6.45) is 0. The van der Waals surface area contributed by atoms with Crippen LogP contribution in [0.2, 0.25) is 0 Å². The van der Waals surface area contributed by atoms with Crippen LogP contribution in [0.3, 0.4) is 0 Å². The Morgan fingerprint density at radius 2 is 1.75 bits per heavy atom. The van der Waals surface area contributed by atoms with Gasteiger partial charge in [0.25, 0.3) is 0 Å². The first kappa shape index (κ1) is 20.2. The Bertz CT molecular complexity index is 817. The van der Waals surface area contributed by atoms with Gasteiger partial charge in [-0.3, -0.25) is 14.2 Å². The number of carbonyl (C=O) groups is 2. The zero-order valence-corrected chi connectivity index (χ0v) is 16.8. The van der Waals surface area contributed by atoms with Crippen LogP contribution < -0.4 is 15.5 Å². The molecule has 1 aromatic carbocycles. The molecule has 2 heterocycles. The lowest BCUT2D eigenvalue weighted by Gasteiger charge is -2.27. The quantitative estimate of drug-likeness (QED) is 0.679. The highest BCUT2D eigenvalue weighted by atomic mass is 32.2. The van der Waals surface area contributed by atoms with Crippen LogP contribution in [0.1, 0.15) is 13.8 Å². The lowest BCUT2D eigenvalue weighted by Crippen LogP contribution is -2.38. The lowest BCUT2D eigenvalue weighted by molar-refractivity contribution is -0.114. The normalized spacial score (nSPS) is 14.0. The molecule has 1 fully saturated rings. The molecule has 2 amide bonds. The molecule has 0 bridgehead atoms. The molecular weight excluding hydrogens is 380 g/mol. The Labute approximate surface area is 167 Å². The summed E-state index contributed by atoms with van der Waals surface area (Å²) in [5.41, 5.74) is 1.36. The first-order valence-electron chi connectivity index (χ1n) is 9.13. The number of rotatable bonds is 7. The largest absolute Gasteiger partial charge is 0.378 e. The van der Waals surface area contributed by atoms with Crippen molar-refractivity contribution in [2.45, 2.75) is 25.5 Å². The van der Waals surface area contributed by atoms with Crippen molar-refractivity contribution in [3.63, 3.8) is 0 Å². The van der Waals surface area contributed by atoms with Gasteiger partial charge in [0.2, 0.25) is 17.8 Å². The van der Waals surface area contributed by atoms with E-state index in [1.165, 1.54) is 18.7 Å². The maximum absolute atomic E-state index is 12.3. The monoisotopic (exact) mass is 404 g/mol. The number of thioether (sulfide) groups is 1. The molecule has 1 aliphatic rings. The Balaban J connectivity index is 1.55. The summed E-state index contributed by atoms with van der Waals surface area (Å²) in [6.45, 7) is 7.16. The highest BCUT2D eigenvalue weighted by molar-refractivity contribution is 7.99. The van der Waals surface area contributed by atoms with Crippen molar-refractivity contribution in [1.29, 1.82) is 0 Å². The van der Waals surface area contributed by atoms with E-state index in [2.05, 4.69) is 25.7 Å². The molecule has 0 spiro atoms. The molecule has 1 saturated heterocycles. The molecule has 2 N–H and O–H groups in total. The summed E-state index contributed by atoms with van der Waals surface area (Å²) in [6, 6.07) is 6.98. The fourth-order valence-corrected chi connectivity index (χ4v) is 3.63. The predicted molar refractivity (Wildman–Crippen MR) is 109 cm³/mol. The van der Waals surface area contributed by atoms with Gasteiger partial charge in [0.05, 0.1) is 19.0 Å². The zero-order valence-electron chi connectivity index (χ0n) is 16.0. The molecule has 3 rings (SSSR count). The van der Waals surface area contributed by atoms with Gasteiger partial charge in [0.1, 0.15) is 0 Å². The molecule has 150 valence electrons. The van der Waals surface area contributed by atoms with Gasteiger partial charge in [-0.25, -0.2) is 0 Å². The third kappa shape index (κ3) is 5.23. The number of ether oxygens (including phenoxy) is 1. The Hall–Kier alpha value is -2.59. The number of anilines is 3. The van der Waals surface area contributed by atoms with Crippen LogP contribution in [0.25, 0.3) is 0 Å². The Morgan fingerprint density at radius 3 is 2.36 bits per heavy atom. The summed E-state index contributed by atoms with van der Waals surface area (Å²) in [5, 5.41) is 14.8. The molecule has 0 atom stereocenters. The van der Waals surface area contributed by atoms with E-state index >= 15 is 0 Å². The minimum absolute atomic E-state index is 0.129. The molecule has 1 aliphatic heterocycles. The van der Waals surface area contributed by atoms with Gasteiger partial charge >= 0.3 is 0 Å². The van der Waals surface area contributed by atoms with E-state index in [1.54, 1.807) is 24.3 Å². The maximum atomic E-state index is 12.3. The number of carbonyl (C=O) groups excluding carboxylic acids is 2. The van der Waals surface area contributed by atoms with Gasteiger partial charge in [0.15, 0.2) is 5.16 Å². The van der Waals surface area contributed by atoms with Crippen LogP contribution in [0.15, 0.2) is 29.4 Å². The summed E-state index contributed by atoms with van der Waals surface area (Å²) in [7, 11) is 0. The summed E-state index contributed by atoms with van der Waals surface area (Å²) in [5.74, 6) is 0.789. The predicted octanol–water partition coefficient (Wildman–Crippen LogP) is 1.82. The van der Waals surface area contributed by atoms with E-state index in [-0.39, 0.29) is 17.6 Å². The number of aromatic nitrogens is 3. The standard InChI is InChI=1S/C18H24N6O3S/c1-3-24-17(23-8-10-27-11-9-23)21-22-18(24)28-12-16(26)20-15-6-4-14(5-7-15)19-13(2)25/h4-7H,3,8-12H2,1-2H3,(H,19,25)(H,20,26). The topological polar surface area (TPSA) is 101 Å². The number of hydrogen-bond donors (Lipinski definition) is 2. The fourth-order valence-electron chi connectivity index (χ4n) is 2.83. The first-order chi connectivity index (χ1) is 13.6. The smallest absolute Gasteiger partial charge is 0.234 e. The summed E-state index contributed by atoms with van der Waals surface area (Å²) >= 11 is 1.36. The Morgan fingerprint density at radius 1 is 1.11 bits per heavy atom. The first-order valence-corrected chi connectivity index (χ1v) is 10.1. The van der Waals surface area contributed by atoms with Crippen LogP contribution in [-0.4, -0.2) is 58.6 Å². The van der Waals surface area contributed by atoms with E-state index < -0.39 is 0 Å². The van der Waals surface area contributed by atoms with E-state index in [1.807, 2.05) is 11.5 Å². The van der Waals surface area contributed by atoms with Gasteiger partial charge in [-0.1, -0.05) is 11.8 Å². The van der Waals surface area contributed by atoms with Crippen molar-refractivity contribution < 1.29 is 14.3 Å². The molecule has 1 aromatic heterocycles. The highest BCUT2D eigenvalue weighted by Crippen LogP contribution is 2.23. The van der Waals surface area contributed by atoms with Crippen molar-refractivity contribution >= 4 is 40.9 Å². The second kappa shape index (κ2) is 9.56. The van der Waals surface area contributed by atoms with E-state index in [0.29, 0.717) is 24.6 Å². The molecule has 28 heavy (non-hydrogen) atoms. The minimum atomic E-state index is -0.135. The van der Waals surface area contributed by atoms with Crippen molar-refractivity contribution in [3.8, 4) is 0 Å². The van der Waals surface area contributed by atoms with Crippen LogP contribution in [0, 0.1) is 0 Å². The van der Waals surface area contributed by atoms with Crippen molar-refractivity contribution in [2.75, 3.05) is 47.6 Å². The maximum Gasteiger partial charge on any atom is 0.234 e. The van der Waals surface area contributed by atoms with Crippen molar-refractivity contribution in [1.82, 2.24) is 14.8 Å². The number of amides is 2. The van der Waals surface area contributed by atoms with Crippen LogP contribution in [0.4, 0.5) is 17.3 Å². The zero-order chi connectivity index (χ0) is 19.9. The number of morpholine rings is 1. The van der Waals surface area contributed by atoms with E-state index in [4.69, 9.17) is 4.74 Å². The number of benzene rings is 1. The molecular formula is C18H24N6O3S. The molecule has 0 unspecified atom stereocenters. The average Bonchev–Trinajstić information content (AvgIpc) is 3.11. The lowest BCUT2D eigenvalue weighted by atomic mass is 10.3. The van der Waals surface area contributed by atoms with E-state index in [9.17, 15) is 9.59 Å². The average molecular weight is 404 g/mol. The van der Waals surface area contributed by atoms with Gasteiger partial charge in [-0.15, -0.1) is 10.2 Å². The molecule has 0 aliphatic carbocycles. The third-order valence-electron chi connectivity index (χ3n) is 4.13. The molecule has 9 nitrogen and oxygen atoms in total. The Kier molecular flexibility index (Phi) is 6.88. The summed E-state index contributed by atoms with van der Waals surface area (Å²) in [4.78, 5) is 25.5. The van der Waals surface area contributed by atoms with E-state index in [0.717, 1.165) is 30.7 Å². The van der Waals surface area contributed by atoms with Gasteiger partial charge in [0, 0.05) is 37.9 Å². The van der Waals surface area contributed by atoms with Crippen LogP contribution >= 0.6 is 11.8 Å². The number of nitrogens with one attached hydrogen (secondary N) is 2. The molecule has 0 saturated carbocycles. The molecule has 2 aromatic rings. The molecule has 10 heteroatoms. The molecule has 0 radical (unpaired) electrons. The van der Waals surface area contributed by atoms with Gasteiger partial charge in [-0.2, -0.15) is 0 Å². The van der Waals surface area contributed by atoms with Crippen molar-refractivity contribution in [3.05, 3.63) is 24.3 Å². The number of nitrogens with zero attached hydrogens (tertiary/aromatic N) is 4. The van der Waals surface area contributed by atoms with Crippen LogP contribution in [0.5, 0.6) is 0 Å². The fraction of sp³-hybridized carbons (Fsp3) is 0.444. The minimum Gasteiger partial charge on any atom is -0.378 e. The second-order valence-corrected chi connectivity index (χ2v) is 7.16. The van der Waals surface area contributed by atoms with Gasteiger partial charge < -0.3 is 20.3 Å². The second-order valence-electron chi connectivity index (χ2n) is 6.22. The third-order valence-corrected chi connectivity index (χ3v) is 5.10. The van der Waals surface area contributed by atoms with Crippen LogP contribution in [-0.2, 0) is 20.9 Å². The van der Waals surface area contributed by atoms with Crippen molar-refractivity contribution in [2.24, 2.45) is 0 Å². The SMILES string of the molecule is CCn1c(SCC(=O)Nc2ccc(NC(C)=O)cc2)nnc1N1CCOCC1.